The summed E-state index contributed by atoms with van der Waals surface area (Å²) < 4.78 is 36.2. The Morgan fingerprint density at radius 3 is 2.19 bits per heavy atom. The maximum Gasteiger partial charge on any atom is 0.387 e. The largest absolute Gasteiger partial charge is 0.478 e. The summed E-state index contributed by atoms with van der Waals surface area (Å²) in [5.41, 5.74) is -1.26. The van der Waals surface area contributed by atoms with E-state index >= 15 is 0 Å². The lowest BCUT2D eigenvalue weighted by molar-refractivity contribution is -0.385. The molecule has 0 unspecified atom stereocenters. The van der Waals surface area contributed by atoms with Crippen LogP contribution < -0.4 is 4.74 Å². The molecule has 1 heterocycles. The average molecular weight is 444 g/mol. The first-order chi connectivity index (χ1) is 15.2. The third-order valence-corrected chi connectivity index (χ3v) is 4.72. The standard InChI is InChI=1S/C20H10F2N2O8/c21-20(22)32-15-8-12(9-1-3-10(4-2-9)23(27)28)17(19(25)26)16-13-7-11(24(29)30)5-6-14(13)31-18(15)16/h1-8,20H,(H,25,26). The van der Waals surface area contributed by atoms with E-state index in [2.05, 4.69) is 4.74 Å². The molecule has 1 aromatic heterocycles. The zero-order valence-corrected chi connectivity index (χ0v) is 15.7. The smallest absolute Gasteiger partial charge is 0.387 e. The summed E-state index contributed by atoms with van der Waals surface area (Å²) in [6.45, 7) is -3.28. The van der Waals surface area contributed by atoms with Gasteiger partial charge in [-0.05, 0) is 29.8 Å². The highest BCUT2D eigenvalue weighted by Gasteiger charge is 2.27. The van der Waals surface area contributed by atoms with Crippen molar-refractivity contribution in [3.05, 3.63) is 74.3 Å². The van der Waals surface area contributed by atoms with Crippen LogP contribution in [0.15, 0.2) is 52.9 Å². The van der Waals surface area contributed by atoms with Crippen molar-refractivity contribution in [2.24, 2.45) is 0 Å². The van der Waals surface area contributed by atoms with Gasteiger partial charge in [-0.2, -0.15) is 8.78 Å². The monoisotopic (exact) mass is 444 g/mol. The minimum atomic E-state index is -3.28. The van der Waals surface area contributed by atoms with E-state index in [1.54, 1.807) is 0 Å². The molecule has 0 fully saturated rings. The molecule has 1 N–H and O–H groups in total. The highest BCUT2D eigenvalue weighted by atomic mass is 19.3. The molecular formula is C20H10F2N2O8. The first-order valence-corrected chi connectivity index (χ1v) is 8.78. The average Bonchev–Trinajstić information content (AvgIpc) is 3.12. The third kappa shape index (κ3) is 3.43. The molecule has 0 aliphatic heterocycles. The predicted octanol–water partition coefficient (Wildman–Crippen LogP) is 5.37. The van der Waals surface area contributed by atoms with Crippen LogP contribution in [0.4, 0.5) is 20.2 Å². The van der Waals surface area contributed by atoms with Crippen molar-refractivity contribution >= 4 is 39.3 Å². The van der Waals surface area contributed by atoms with Gasteiger partial charge in [-0.15, -0.1) is 0 Å². The van der Waals surface area contributed by atoms with Crippen LogP contribution in [0.3, 0.4) is 0 Å². The molecule has 0 amide bonds. The van der Waals surface area contributed by atoms with Gasteiger partial charge in [0.2, 0.25) is 0 Å². The number of nitro benzene ring substituents is 2. The third-order valence-electron chi connectivity index (χ3n) is 4.72. The Balaban J connectivity index is 2.13. The molecule has 0 spiro atoms. The molecule has 0 saturated heterocycles. The topological polar surface area (TPSA) is 146 Å². The number of halogens is 2. The van der Waals surface area contributed by atoms with Crippen molar-refractivity contribution < 1.29 is 37.7 Å². The van der Waals surface area contributed by atoms with Gasteiger partial charge in [0.1, 0.15) is 5.58 Å². The minimum Gasteiger partial charge on any atom is -0.478 e. The molecule has 12 heteroatoms. The molecule has 3 aromatic carbocycles. The summed E-state index contributed by atoms with van der Waals surface area (Å²) in [6.07, 6.45) is 0. The van der Waals surface area contributed by atoms with Crippen molar-refractivity contribution in [1.82, 2.24) is 0 Å². The second-order valence-corrected chi connectivity index (χ2v) is 6.53. The predicted molar refractivity (Wildman–Crippen MR) is 106 cm³/mol. The van der Waals surface area contributed by atoms with Gasteiger partial charge in [0.25, 0.3) is 11.4 Å². The first-order valence-electron chi connectivity index (χ1n) is 8.78. The lowest BCUT2D eigenvalue weighted by atomic mass is 9.94. The normalized spacial score (nSPS) is 11.2. The van der Waals surface area contributed by atoms with Crippen molar-refractivity contribution in [1.29, 1.82) is 0 Å². The maximum absolute atomic E-state index is 13.1. The summed E-state index contributed by atoms with van der Waals surface area (Å²) in [5, 5.41) is 31.9. The number of furan rings is 1. The molecule has 4 aromatic rings. The molecule has 10 nitrogen and oxygen atoms in total. The number of non-ortho nitro benzene ring substituents is 2. The molecule has 0 radical (unpaired) electrons. The van der Waals surface area contributed by atoms with E-state index in [-0.39, 0.29) is 44.4 Å². The molecule has 0 atom stereocenters. The van der Waals surface area contributed by atoms with Gasteiger partial charge in [0.15, 0.2) is 11.3 Å². The van der Waals surface area contributed by atoms with E-state index in [1.165, 1.54) is 18.2 Å². The molecular weight excluding hydrogens is 434 g/mol. The number of nitrogens with zero attached hydrogens (tertiary/aromatic N) is 2. The number of rotatable bonds is 6. The second-order valence-electron chi connectivity index (χ2n) is 6.53. The van der Waals surface area contributed by atoms with E-state index in [0.29, 0.717) is 0 Å². The summed E-state index contributed by atoms with van der Waals surface area (Å²) in [4.78, 5) is 33.0. The quantitative estimate of drug-likeness (QED) is 0.308. The Bertz CT molecular complexity index is 1410. The summed E-state index contributed by atoms with van der Waals surface area (Å²) in [7, 11) is 0. The Hall–Kier alpha value is -4.61. The van der Waals surface area contributed by atoms with Gasteiger partial charge in [0, 0.05) is 40.6 Å². The molecule has 162 valence electrons. The van der Waals surface area contributed by atoms with Crippen LogP contribution in [0.1, 0.15) is 10.4 Å². The fourth-order valence-corrected chi connectivity index (χ4v) is 3.42. The Morgan fingerprint density at radius 1 is 1.00 bits per heavy atom. The van der Waals surface area contributed by atoms with Crippen LogP contribution in [-0.2, 0) is 0 Å². The van der Waals surface area contributed by atoms with Gasteiger partial charge >= 0.3 is 12.6 Å². The Morgan fingerprint density at radius 2 is 1.62 bits per heavy atom. The van der Waals surface area contributed by atoms with Crippen LogP contribution in [0, 0.1) is 20.2 Å². The van der Waals surface area contributed by atoms with Crippen LogP contribution >= 0.6 is 0 Å². The van der Waals surface area contributed by atoms with Crippen LogP contribution in [0.2, 0.25) is 0 Å². The molecule has 0 saturated carbocycles. The van der Waals surface area contributed by atoms with Crippen molar-refractivity contribution in [3.63, 3.8) is 0 Å². The zero-order chi connectivity index (χ0) is 23.2. The Labute approximate surface area is 175 Å². The summed E-state index contributed by atoms with van der Waals surface area (Å²) in [6, 6.07) is 9.18. The lowest BCUT2D eigenvalue weighted by Crippen LogP contribution is -2.06. The first kappa shape index (κ1) is 20.7. The summed E-state index contributed by atoms with van der Waals surface area (Å²) in [5.74, 6) is -1.96. The number of fused-ring (bicyclic) bond motifs is 3. The van der Waals surface area contributed by atoms with E-state index in [0.717, 1.165) is 30.3 Å². The Kier molecular flexibility index (Phi) is 4.89. The van der Waals surface area contributed by atoms with E-state index in [1.807, 2.05) is 0 Å². The number of carboxylic acids is 1. The SMILES string of the molecule is O=C(O)c1c(-c2ccc([N+](=O)[O-])cc2)cc(OC(F)F)c2oc3ccc([N+](=O)[O-])cc3c12. The van der Waals surface area contributed by atoms with Gasteiger partial charge in [-0.3, -0.25) is 20.2 Å². The fourth-order valence-electron chi connectivity index (χ4n) is 3.42. The molecule has 32 heavy (non-hydrogen) atoms. The summed E-state index contributed by atoms with van der Waals surface area (Å²) >= 11 is 0. The van der Waals surface area contributed by atoms with Crippen LogP contribution in [0.25, 0.3) is 33.1 Å². The van der Waals surface area contributed by atoms with Gasteiger partial charge < -0.3 is 14.3 Å². The molecule has 4 rings (SSSR count). The number of aromatic carboxylic acids is 1. The van der Waals surface area contributed by atoms with Gasteiger partial charge in [-0.25, -0.2) is 4.79 Å². The highest BCUT2D eigenvalue weighted by Crippen LogP contribution is 2.43. The minimum absolute atomic E-state index is 0.00878. The zero-order valence-electron chi connectivity index (χ0n) is 15.7. The highest BCUT2D eigenvalue weighted by molar-refractivity contribution is 6.20. The maximum atomic E-state index is 13.1. The van der Waals surface area contributed by atoms with Crippen molar-refractivity contribution in [3.8, 4) is 16.9 Å². The molecule has 0 aliphatic rings. The number of hydrogen-bond donors (Lipinski definition) is 1. The van der Waals surface area contributed by atoms with E-state index in [4.69, 9.17) is 4.42 Å². The number of ether oxygens (including phenoxy) is 1. The number of hydrogen-bond acceptors (Lipinski definition) is 7. The number of carboxylic acid groups (broad SMARTS) is 1. The fraction of sp³-hybridized carbons (Fsp3) is 0.0500. The number of benzene rings is 3. The number of nitro groups is 2. The molecule has 0 bridgehead atoms. The number of alkyl halides is 2. The van der Waals surface area contributed by atoms with E-state index < -0.39 is 33.7 Å². The van der Waals surface area contributed by atoms with Crippen molar-refractivity contribution in [2.75, 3.05) is 0 Å². The van der Waals surface area contributed by atoms with Gasteiger partial charge in [-0.1, -0.05) is 0 Å². The number of carbonyl (C=O) groups is 1. The van der Waals surface area contributed by atoms with Gasteiger partial charge in [0.05, 0.1) is 15.4 Å². The van der Waals surface area contributed by atoms with E-state index in [9.17, 15) is 38.9 Å². The van der Waals surface area contributed by atoms with Crippen molar-refractivity contribution in [2.45, 2.75) is 6.61 Å². The van der Waals surface area contributed by atoms with Crippen LogP contribution in [0.5, 0.6) is 5.75 Å². The second kappa shape index (κ2) is 7.58. The lowest BCUT2D eigenvalue weighted by Gasteiger charge is -2.12. The van der Waals surface area contributed by atoms with Crippen LogP contribution in [-0.4, -0.2) is 27.5 Å². The molecule has 0 aliphatic carbocycles.